The van der Waals surface area contributed by atoms with Gasteiger partial charge in [0.25, 0.3) is 0 Å². The van der Waals surface area contributed by atoms with Gasteiger partial charge in [-0.1, -0.05) is 12.1 Å². The first-order chi connectivity index (χ1) is 9.02. The standard InChI is InChI=1S/C14H22FN3O/c1-11-8-12(4-5-13(11)15)9-17-14(19)10-18(2)7-3-6-16/h4-5,8H,3,6-7,9-10,16H2,1-2H3,(H,17,19). The van der Waals surface area contributed by atoms with Gasteiger partial charge < -0.3 is 11.1 Å². The van der Waals surface area contributed by atoms with E-state index in [0.29, 0.717) is 25.2 Å². The highest BCUT2D eigenvalue weighted by atomic mass is 19.1. The van der Waals surface area contributed by atoms with Gasteiger partial charge in [-0.15, -0.1) is 0 Å². The van der Waals surface area contributed by atoms with Crippen molar-refractivity contribution < 1.29 is 9.18 Å². The first kappa shape index (κ1) is 15.6. The van der Waals surface area contributed by atoms with Gasteiger partial charge in [-0.25, -0.2) is 4.39 Å². The number of nitrogens with two attached hydrogens (primary N) is 1. The summed E-state index contributed by atoms with van der Waals surface area (Å²) < 4.78 is 13.1. The predicted octanol–water partition coefficient (Wildman–Crippen LogP) is 1.03. The van der Waals surface area contributed by atoms with Crippen LogP contribution < -0.4 is 11.1 Å². The van der Waals surface area contributed by atoms with Gasteiger partial charge in [0.1, 0.15) is 5.82 Å². The molecule has 19 heavy (non-hydrogen) atoms. The Morgan fingerprint density at radius 3 is 2.84 bits per heavy atom. The zero-order chi connectivity index (χ0) is 14.3. The van der Waals surface area contributed by atoms with Crippen molar-refractivity contribution in [3.63, 3.8) is 0 Å². The number of aryl methyl sites for hydroxylation is 1. The zero-order valence-electron chi connectivity index (χ0n) is 11.6. The van der Waals surface area contributed by atoms with Crippen LogP contribution >= 0.6 is 0 Å². The summed E-state index contributed by atoms with van der Waals surface area (Å²) in [7, 11) is 1.89. The molecule has 0 saturated carbocycles. The minimum atomic E-state index is -0.225. The number of nitrogens with one attached hydrogen (secondary N) is 1. The average molecular weight is 267 g/mol. The number of benzene rings is 1. The molecular formula is C14H22FN3O. The molecular weight excluding hydrogens is 245 g/mol. The van der Waals surface area contributed by atoms with Crippen molar-refractivity contribution in [2.75, 3.05) is 26.7 Å². The summed E-state index contributed by atoms with van der Waals surface area (Å²) in [6, 6.07) is 4.85. The van der Waals surface area contributed by atoms with Crippen molar-refractivity contribution in [2.45, 2.75) is 19.9 Å². The highest BCUT2D eigenvalue weighted by Crippen LogP contribution is 2.08. The molecule has 1 rings (SSSR count). The second kappa shape index (κ2) is 7.86. The van der Waals surface area contributed by atoms with Gasteiger partial charge in [-0.3, -0.25) is 9.69 Å². The summed E-state index contributed by atoms with van der Waals surface area (Å²) in [6.07, 6.45) is 0.876. The fourth-order valence-corrected chi connectivity index (χ4v) is 1.76. The van der Waals surface area contributed by atoms with Crippen LogP contribution in [0.25, 0.3) is 0 Å². The van der Waals surface area contributed by atoms with Gasteiger partial charge in [-0.2, -0.15) is 0 Å². The van der Waals surface area contributed by atoms with Crippen LogP contribution in [0.3, 0.4) is 0 Å². The minimum Gasteiger partial charge on any atom is -0.351 e. The number of nitrogens with zero attached hydrogens (tertiary/aromatic N) is 1. The molecule has 4 nitrogen and oxygen atoms in total. The maximum atomic E-state index is 13.1. The summed E-state index contributed by atoms with van der Waals surface area (Å²) in [6.45, 7) is 3.91. The van der Waals surface area contributed by atoms with Crippen molar-refractivity contribution in [2.24, 2.45) is 5.73 Å². The summed E-state index contributed by atoms with van der Waals surface area (Å²) in [5, 5.41) is 2.82. The summed E-state index contributed by atoms with van der Waals surface area (Å²) in [5.74, 6) is -0.266. The number of carbonyl (C=O) groups is 1. The van der Waals surface area contributed by atoms with Crippen LogP contribution in [-0.2, 0) is 11.3 Å². The van der Waals surface area contributed by atoms with Crippen molar-refractivity contribution in [3.8, 4) is 0 Å². The molecule has 1 aromatic carbocycles. The third-order valence-corrected chi connectivity index (χ3v) is 2.87. The maximum absolute atomic E-state index is 13.1. The number of carbonyl (C=O) groups excluding carboxylic acids is 1. The van der Waals surface area contributed by atoms with E-state index in [9.17, 15) is 9.18 Å². The molecule has 0 fully saturated rings. The van der Waals surface area contributed by atoms with Gasteiger partial charge in [0.2, 0.25) is 5.91 Å². The lowest BCUT2D eigenvalue weighted by molar-refractivity contribution is -0.122. The Hall–Kier alpha value is -1.46. The van der Waals surface area contributed by atoms with E-state index in [1.54, 1.807) is 19.1 Å². The Bertz CT molecular complexity index is 423. The lowest BCUT2D eigenvalue weighted by Gasteiger charge is -2.15. The van der Waals surface area contributed by atoms with Crippen LogP contribution in [0.1, 0.15) is 17.5 Å². The van der Waals surface area contributed by atoms with E-state index in [1.165, 1.54) is 6.07 Å². The molecule has 106 valence electrons. The van der Waals surface area contributed by atoms with Crippen molar-refractivity contribution >= 4 is 5.91 Å². The van der Waals surface area contributed by atoms with Crippen molar-refractivity contribution in [1.82, 2.24) is 10.2 Å². The predicted molar refractivity (Wildman–Crippen MR) is 74.2 cm³/mol. The molecule has 0 heterocycles. The molecule has 1 amide bonds. The summed E-state index contributed by atoms with van der Waals surface area (Å²) in [4.78, 5) is 13.6. The fourth-order valence-electron chi connectivity index (χ4n) is 1.76. The largest absolute Gasteiger partial charge is 0.351 e. The van der Waals surface area contributed by atoms with Gasteiger partial charge in [0, 0.05) is 6.54 Å². The Morgan fingerprint density at radius 2 is 2.21 bits per heavy atom. The quantitative estimate of drug-likeness (QED) is 0.776. The molecule has 0 radical (unpaired) electrons. The molecule has 0 atom stereocenters. The first-order valence-corrected chi connectivity index (χ1v) is 6.43. The van der Waals surface area contributed by atoms with E-state index in [0.717, 1.165) is 18.5 Å². The maximum Gasteiger partial charge on any atom is 0.234 e. The Balaban J connectivity index is 2.35. The lowest BCUT2D eigenvalue weighted by atomic mass is 10.1. The van der Waals surface area contributed by atoms with E-state index >= 15 is 0 Å². The number of halogens is 1. The van der Waals surface area contributed by atoms with E-state index in [1.807, 2.05) is 11.9 Å². The summed E-state index contributed by atoms with van der Waals surface area (Å²) >= 11 is 0. The average Bonchev–Trinajstić information content (AvgIpc) is 2.38. The fraction of sp³-hybridized carbons (Fsp3) is 0.500. The molecule has 0 unspecified atom stereocenters. The lowest BCUT2D eigenvalue weighted by Crippen LogP contribution is -2.35. The number of likely N-dealkylation sites (N-methyl/N-ethyl adjacent to an activating group) is 1. The SMILES string of the molecule is Cc1cc(CNC(=O)CN(C)CCCN)ccc1F. The van der Waals surface area contributed by atoms with E-state index in [-0.39, 0.29) is 11.7 Å². The molecule has 0 saturated heterocycles. The van der Waals surface area contributed by atoms with Crippen LogP contribution in [0.15, 0.2) is 18.2 Å². The number of amides is 1. The van der Waals surface area contributed by atoms with Gasteiger partial charge >= 0.3 is 0 Å². The molecule has 5 heteroatoms. The monoisotopic (exact) mass is 267 g/mol. The molecule has 0 aliphatic heterocycles. The molecule has 1 aromatic rings. The van der Waals surface area contributed by atoms with Crippen LogP contribution in [0.2, 0.25) is 0 Å². The highest BCUT2D eigenvalue weighted by molar-refractivity contribution is 5.77. The van der Waals surface area contributed by atoms with Gasteiger partial charge in [0.05, 0.1) is 6.54 Å². The Labute approximate surface area is 113 Å². The molecule has 0 bridgehead atoms. The molecule has 0 aliphatic carbocycles. The van der Waals surface area contributed by atoms with Crippen molar-refractivity contribution in [3.05, 3.63) is 35.1 Å². The highest BCUT2D eigenvalue weighted by Gasteiger charge is 2.06. The Kier molecular flexibility index (Phi) is 6.45. The number of rotatable bonds is 7. The first-order valence-electron chi connectivity index (χ1n) is 6.43. The zero-order valence-corrected chi connectivity index (χ0v) is 11.6. The van der Waals surface area contributed by atoms with Crippen LogP contribution in [0.5, 0.6) is 0 Å². The van der Waals surface area contributed by atoms with Gasteiger partial charge in [-0.05, 0) is 50.7 Å². The molecule has 0 aromatic heterocycles. The van der Waals surface area contributed by atoms with E-state index < -0.39 is 0 Å². The van der Waals surface area contributed by atoms with Crippen LogP contribution in [-0.4, -0.2) is 37.5 Å². The van der Waals surface area contributed by atoms with Crippen molar-refractivity contribution in [1.29, 1.82) is 0 Å². The third kappa shape index (κ3) is 5.81. The Morgan fingerprint density at radius 1 is 1.47 bits per heavy atom. The minimum absolute atomic E-state index is 0.0403. The molecule has 0 spiro atoms. The molecule has 3 N–H and O–H groups in total. The smallest absolute Gasteiger partial charge is 0.234 e. The molecule has 0 aliphatic rings. The van der Waals surface area contributed by atoms with E-state index in [4.69, 9.17) is 5.73 Å². The summed E-state index contributed by atoms with van der Waals surface area (Å²) in [5.41, 5.74) is 6.90. The second-order valence-electron chi connectivity index (χ2n) is 4.74. The van der Waals surface area contributed by atoms with Crippen LogP contribution in [0.4, 0.5) is 4.39 Å². The normalized spacial score (nSPS) is 10.8. The third-order valence-electron chi connectivity index (χ3n) is 2.87. The number of hydrogen-bond donors (Lipinski definition) is 2. The van der Waals surface area contributed by atoms with Gasteiger partial charge in [0.15, 0.2) is 0 Å². The van der Waals surface area contributed by atoms with Crippen LogP contribution in [0, 0.1) is 12.7 Å². The second-order valence-corrected chi connectivity index (χ2v) is 4.74. The number of hydrogen-bond acceptors (Lipinski definition) is 3. The topological polar surface area (TPSA) is 58.4 Å². The van der Waals surface area contributed by atoms with E-state index in [2.05, 4.69) is 5.32 Å².